The molecule has 32 heavy (non-hydrogen) atoms. The zero-order valence-corrected chi connectivity index (χ0v) is 19.7. The van der Waals surface area contributed by atoms with E-state index < -0.39 is 11.9 Å². The van der Waals surface area contributed by atoms with Crippen LogP contribution in [0, 0.1) is 18.7 Å². The van der Waals surface area contributed by atoms with Gasteiger partial charge in [0.25, 0.3) is 0 Å². The highest BCUT2D eigenvalue weighted by Gasteiger charge is 2.21. The molecule has 1 heterocycles. The molecule has 0 fully saturated rings. The summed E-state index contributed by atoms with van der Waals surface area (Å²) in [5.41, 5.74) is 2.24. The fraction of sp³-hybridized carbons (Fsp3) is 0.375. The van der Waals surface area contributed by atoms with E-state index in [2.05, 4.69) is 29.4 Å². The fourth-order valence-corrected chi connectivity index (χ4v) is 3.90. The van der Waals surface area contributed by atoms with Crippen molar-refractivity contribution in [3.63, 3.8) is 0 Å². The second-order valence-corrected chi connectivity index (χ2v) is 9.03. The molecule has 170 valence electrons. The largest absolute Gasteiger partial charge is 0.480 e. The van der Waals surface area contributed by atoms with Gasteiger partial charge in [-0.2, -0.15) is 0 Å². The Morgan fingerprint density at radius 1 is 1.12 bits per heavy atom. The van der Waals surface area contributed by atoms with Crippen molar-refractivity contribution in [3.8, 4) is 5.75 Å². The molecule has 0 aliphatic carbocycles. The molecule has 8 heteroatoms. The first-order chi connectivity index (χ1) is 15.3. The summed E-state index contributed by atoms with van der Waals surface area (Å²) in [6.45, 7) is 9.18. The van der Waals surface area contributed by atoms with Crippen molar-refractivity contribution in [2.45, 2.75) is 52.0 Å². The van der Waals surface area contributed by atoms with Gasteiger partial charge in [-0.3, -0.25) is 4.79 Å². The average molecular weight is 457 g/mol. The van der Waals surface area contributed by atoms with Crippen molar-refractivity contribution in [1.29, 1.82) is 0 Å². The molecule has 1 atom stereocenters. The molecule has 6 nitrogen and oxygen atoms in total. The van der Waals surface area contributed by atoms with Gasteiger partial charge in [0.15, 0.2) is 28.7 Å². The molecule has 0 saturated carbocycles. The number of thioether (sulfide) groups is 1. The van der Waals surface area contributed by atoms with E-state index in [1.54, 1.807) is 18.2 Å². The van der Waals surface area contributed by atoms with Crippen molar-refractivity contribution in [1.82, 2.24) is 20.1 Å². The Hall–Kier alpha value is -2.87. The normalized spacial score (nSPS) is 12.1. The number of halogens is 1. The zero-order chi connectivity index (χ0) is 23.1. The number of ether oxygens (including phenoxy) is 1. The minimum absolute atomic E-state index is 0.0770. The van der Waals surface area contributed by atoms with E-state index in [1.165, 1.54) is 23.4 Å². The predicted molar refractivity (Wildman–Crippen MR) is 124 cm³/mol. The fourth-order valence-electron chi connectivity index (χ4n) is 3.12. The first-order valence-electron chi connectivity index (χ1n) is 10.6. The van der Waals surface area contributed by atoms with Crippen molar-refractivity contribution in [2.24, 2.45) is 5.92 Å². The van der Waals surface area contributed by atoms with E-state index in [9.17, 15) is 9.18 Å². The number of amides is 1. The first kappa shape index (κ1) is 23.8. The number of hydrogen-bond acceptors (Lipinski definition) is 5. The second kappa shape index (κ2) is 11.1. The summed E-state index contributed by atoms with van der Waals surface area (Å²) in [6, 6.07) is 14.3. The average Bonchev–Trinajstić information content (AvgIpc) is 3.15. The summed E-state index contributed by atoms with van der Waals surface area (Å²) in [5.74, 6) is 0.833. The third-order valence-electron chi connectivity index (χ3n) is 4.74. The van der Waals surface area contributed by atoms with Gasteiger partial charge in [-0.1, -0.05) is 67.6 Å². The van der Waals surface area contributed by atoms with Crippen LogP contribution in [-0.2, 0) is 17.9 Å². The maximum Gasteiger partial charge on any atom is 0.230 e. The third-order valence-corrected chi connectivity index (χ3v) is 5.71. The maximum absolute atomic E-state index is 14.0. The minimum Gasteiger partial charge on any atom is -0.480 e. The van der Waals surface area contributed by atoms with Crippen LogP contribution in [0.15, 0.2) is 53.7 Å². The molecule has 3 aromatic rings. The van der Waals surface area contributed by atoms with Crippen molar-refractivity contribution in [3.05, 3.63) is 71.3 Å². The Labute approximate surface area is 192 Å². The van der Waals surface area contributed by atoms with Gasteiger partial charge in [-0.25, -0.2) is 4.39 Å². The topological polar surface area (TPSA) is 69.0 Å². The SMILES string of the molecule is Cc1ccc(CNC(=O)CSc2nnc(C(C)Oc3ccccc3F)n2CC(C)C)cc1. The third kappa shape index (κ3) is 6.56. The minimum atomic E-state index is -0.497. The molecule has 3 rings (SSSR count). The van der Waals surface area contributed by atoms with E-state index in [0.717, 1.165) is 5.56 Å². The summed E-state index contributed by atoms with van der Waals surface area (Å²) in [6.07, 6.45) is -0.497. The monoisotopic (exact) mass is 456 g/mol. The van der Waals surface area contributed by atoms with Gasteiger partial charge in [-0.05, 0) is 37.5 Å². The molecule has 1 amide bonds. The van der Waals surface area contributed by atoms with Crippen LogP contribution in [0.4, 0.5) is 4.39 Å². The molecule has 0 aliphatic heterocycles. The van der Waals surface area contributed by atoms with Gasteiger partial charge in [0, 0.05) is 13.1 Å². The highest BCUT2D eigenvalue weighted by Crippen LogP contribution is 2.26. The summed E-state index contributed by atoms with van der Waals surface area (Å²) in [7, 11) is 0. The summed E-state index contributed by atoms with van der Waals surface area (Å²) < 4.78 is 21.7. The number of carbonyl (C=O) groups is 1. The number of para-hydroxylation sites is 1. The second-order valence-electron chi connectivity index (χ2n) is 8.09. The van der Waals surface area contributed by atoms with E-state index in [1.807, 2.05) is 42.7 Å². The van der Waals surface area contributed by atoms with Crippen molar-refractivity contribution < 1.29 is 13.9 Å². The van der Waals surface area contributed by atoms with Crippen LogP contribution in [0.3, 0.4) is 0 Å². The van der Waals surface area contributed by atoms with Crippen LogP contribution in [-0.4, -0.2) is 26.4 Å². The molecule has 0 aliphatic rings. The van der Waals surface area contributed by atoms with Crippen LogP contribution in [0.5, 0.6) is 5.75 Å². The molecule has 2 aromatic carbocycles. The Kier molecular flexibility index (Phi) is 8.27. The number of nitrogens with one attached hydrogen (secondary N) is 1. The molecular weight excluding hydrogens is 427 g/mol. The summed E-state index contributed by atoms with van der Waals surface area (Å²) in [5, 5.41) is 12.1. The number of nitrogens with zero attached hydrogens (tertiary/aromatic N) is 3. The molecular formula is C24H29FN4O2S. The molecule has 0 radical (unpaired) electrons. The first-order valence-corrected chi connectivity index (χ1v) is 11.6. The molecule has 0 spiro atoms. The van der Waals surface area contributed by atoms with Gasteiger partial charge in [0.1, 0.15) is 0 Å². The van der Waals surface area contributed by atoms with E-state index in [4.69, 9.17) is 4.74 Å². The quantitative estimate of drug-likeness (QED) is 0.438. The molecule has 0 saturated heterocycles. The van der Waals surface area contributed by atoms with E-state index in [-0.39, 0.29) is 17.4 Å². The lowest BCUT2D eigenvalue weighted by Crippen LogP contribution is -2.25. The van der Waals surface area contributed by atoms with Gasteiger partial charge >= 0.3 is 0 Å². The predicted octanol–water partition coefficient (Wildman–Crippen LogP) is 4.93. The Bertz CT molecular complexity index is 1040. The summed E-state index contributed by atoms with van der Waals surface area (Å²) >= 11 is 1.33. The van der Waals surface area contributed by atoms with E-state index >= 15 is 0 Å². The van der Waals surface area contributed by atoms with Gasteiger partial charge in [0.2, 0.25) is 5.91 Å². The van der Waals surface area contributed by atoms with Crippen LogP contribution in [0.25, 0.3) is 0 Å². The zero-order valence-electron chi connectivity index (χ0n) is 18.8. The Balaban J connectivity index is 1.64. The number of aryl methyl sites for hydroxylation is 1. The van der Waals surface area contributed by atoms with E-state index in [0.29, 0.717) is 30.0 Å². The van der Waals surface area contributed by atoms with Crippen molar-refractivity contribution in [2.75, 3.05) is 5.75 Å². The van der Waals surface area contributed by atoms with Crippen LogP contribution in [0.1, 0.15) is 43.8 Å². The Morgan fingerprint density at radius 3 is 2.53 bits per heavy atom. The summed E-state index contributed by atoms with van der Waals surface area (Å²) in [4.78, 5) is 12.4. The van der Waals surface area contributed by atoms with Crippen molar-refractivity contribution >= 4 is 17.7 Å². The number of benzene rings is 2. The number of aromatic nitrogens is 3. The lowest BCUT2D eigenvalue weighted by Gasteiger charge is -2.18. The number of hydrogen-bond donors (Lipinski definition) is 1. The molecule has 1 unspecified atom stereocenters. The van der Waals surface area contributed by atoms with Crippen LogP contribution < -0.4 is 10.1 Å². The molecule has 0 bridgehead atoms. The van der Waals surface area contributed by atoms with Gasteiger partial charge in [0.05, 0.1) is 5.75 Å². The lowest BCUT2D eigenvalue weighted by atomic mass is 10.1. The number of carbonyl (C=O) groups excluding carboxylic acids is 1. The van der Waals surface area contributed by atoms with Gasteiger partial charge < -0.3 is 14.6 Å². The van der Waals surface area contributed by atoms with Crippen LogP contribution >= 0.6 is 11.8 Å². The maximum atomic E-state index is 14.0. The van der Waals surface area contributed by atoms with Crippen LogP contribution in [0.2, 0.25) is 0 Å². The smallest absolute Gasteiger partial charge is 0.230 e. The molecule has 1 N–H and O–H groups in total. The van der Waals surface area contributed by atoms with Gasteiger partial charge in [-0.15, -0.1) is 10.2 Å². The molecule has 1 aromatic heterocycles. The highest BCUT2D eigenvalue weighted by molar-refractivity contribution is 7.99. The highest BCUT2D eigenvalue weighted by atomic mass is 32.2. The lowest BCUT2D eigenvalue weighted by molar-refractivity contribution is -0.118. The Morgan fingerprint density at radius 2 is 1.84 bits per heavy atom. The number of rotatable bonds is 10. The standard InChI is InChI=1S/C24H29FN4O2S/c1-16(2)14-29-23(18(4)31-21-8-6-5-7-20(21)25)27-28-24(29)32-15-22(30)26-13-19-11-9-17(3)10-12-19/h5-12,16,18H,13-15H2,1-4H3,(H,26,30).